The summed E-state index contributed by atoms with van der Waals surface area (Å²) in [6.07, 6.45) is 6.60. The lowest BCUT2D eigenvalue weighted by atomic mass is 9.81. The molecule has 0 aliphatic heterocycles. The maximum absolute atomic E-state index is 9.03. The highest BCUT2D eigenvalue weighted by Crippen LogP contribution is 2.30. The molecular formula is C12H19N. The Balaban J connectivity index is 4.44. The van der Waals surface area contributed by atoms with Crippen LogP contribution in [0.4, 0.5) is 0 Å². The third kappa shape index (κ3) is 3.94. The molecule has 1 atom stereocenters. The number of hydrogen-bond acceptors (Lipinski definition) is 1. The van der Waals surface area contributed by atoms with E-state index in [9.17, 15) is 0 Å². The Hall–Kier alpha value is -1.03. The predicted molar refractivity (Wildman–Crippen MR) is 57.2 cm³/mol. The molecule has 0 heterocycles. The van der Waals surface area contributed by atoms with Crippen LogP contribution < -0.4 is 0 Å². The predicted octanol–water partition coefficient (Wildman–Crippen LogP) is 3.84. The minimum atomic E-state index is -0.264. The van der Waals surface area contributed by atoms with Crippen molar-refractivity contribution in [2.75, 3.05) is 0 Å². The van der Waals surface area contributed by atoms with Crippen LogP contribution in [0.2, 0.25) is 0 Å². The maximum atomic E-state index is 9.03. The van der Waals surface area contributed by atoms with Gasteiger partial charge in [0.1, 0.15) is 0 Å². The van der Waals surface area contributed by atoms with Gasteiger partial charge >= 0.3 is 0 Å². The summed E-state index contributed by atoms with van der Waals surface area (Å²) < 4.78 is 0. The highest BCUT2D eigenvalue weighted by Gasteiger charge is 2.22. The first-order valence-electron chi connectivity index (χ1n) is 4.78. The van der Waals surface area contributed by atoms with E-state index in [4.69, 9.17) is 5.26 Å². The quantitative estimate of drug-likeness (QED) is 0.585. The van der Waals surface area contributed by atoms with Gasteiger partial charge in [-0.3, -0.25) is 0 Å². The van der Waals surface area contributed by atoms with Gasteiger partial charge in [0.2, 0.25) is 0 Å². The Labute approximate surface area is 81.8 Å². The van der Waals surface area contributed by atoms with Crippen molar-refractivity contribution in [2.24, 2.45) is 5.41 Å². The molecular weight excluding hydrogens is 158 g/mol. The summed E-state index contributed by atoms with van der Waals surface area (Å²) in [5.41, 5.74) is 1.09. The summed E-state index contributed by atoms with van der Waals surface area (Å²) >= 11 is 0. The van der Waals surface area contributed by atoms with E-state index in [1.54, 1.807) is 0 Å². The highest BCUT2D eigenvalue weighted by atomic mass is 14.3. The van der Waals surface area contributed by atoms with Crippen LogP contribution in [0.15, 0.2) is 24.3 Å². The number of rotatable bonds is 5. The van der Waals surface area contributed by atoms with E-state index in [0.29, 0.717) is 0 Å². The minimum absolute atomic E-state index is 0.264. The Bertz CT molecular complexity index is 232. The van der Waals surface area contributed by atoms with Crippen molar-refractivity contribution in [3.63, 3.8) is 0 Å². The van der Waals surface area contributed by atoms with Gasteiger partial charge in [0, 0.05) is 0 Å². The fraction of sp³-hybridized carbons (Fsp3) is 0.583. The molecule has 0 spiro atoms. The zero-order valence-corrected chi connectivity index (χ0v) is 8.93. The van der Waals surface area contributed by atoms with Crippen LogP contribution in [0, 0.1) is 16.7 Å². The largest absolute Gasteiger partial charge is 0.198 e. The van der Waals surface area contributed by atoms with Crippen molar-refractivity contribution in [1.82, 2.24) is 0 Å². The fourth-order valence-electron chi connectivity index (χ4n) is 1.41. The fourth-order valence-corrected chi connectivity index (χ4v) is 1.41. The summed E-state index contributed by atoms with van der Waals surface area (Å²) in [6.45, 7) is 9.83. The minimum Gasteiger partial charge on any atom is -0.198 e. The summed E-state index contributed by atoms with van der Waals surface area (Å²) in [6, 6.07) is 2.37. The molecule has 0 fully saturated rings. The lowest BCUT2D eigenvalue weighted by Gasteiger charge is -2.20. The van der Waals surface area contributed by atoms with E-state index in [2.05, 4.69) is 25.6 Å². The summed E-state index contributed by atoms with van der Waals surface area (Å²) in [5.74, 6) is 0. The molecule has 1 heteroatoms. The lowest BCUT2D eigenvalue weighted by Crippen LogP contribution is -2.13. The van der Waals surface area contributed by atoms with Gasteiger partial charge in [0.05, 0.1) is 11.5 Å². The van der Waals surface area contributed by atoms with E-state index in [0.717, 1.165) is 19.3 Å². The van der Waals surface area contributed by atoms with Crippen LogP contribution in [-0.2, 0) is 0 Å². The average molecular weight is 177 g/mol. The van der Waals surface area contributed by atoms with E-state index in [1.165, 1.54) is 5.57 Å². The molecule has 1 nitrogen and oxygen atoms in total. The number of allylic oxidation sites excluding steroid dienone is 3. The number of nitrogens with zero attached hydrogens (tertiary/aromatic N) is 1. The van der Waals surface area contributed by atoms with Crippen LogP contribution >= 0.6 is 0 Å². The Kier molecular flexibility index (Phi) is 5.14. The summed E-state index contributed by atoms with van der Waals surface area (Å²) in [7, 11) is 0. The molecule has 0 rings (SSSR count). The van der Waals surface area contributed by atoms with Crippen molar-refractivity contribution >= 4 is 0 Å². The van der Waals surface area contributed by atoms with Crippen molar-refractivity contribution in [2.45, 2.75) is 40.0 Å². The first-order valence-corrected chi connectivity index (χ1v) is 4.78. The molecule has 0 aliphatic carbocycles. The maximum Gasteiger partial charge on any atom is 0.0693 e. The second kappa shape index (κ2) is 5.59. The third-order valence-corrected chi connectivity index (χ3v) is 2.34. The first kappa shape index (κ1) is 12.0. The molecule has 0 aromatic heterocycles. The van der Waals surface area contributed by atoms with Gasteiger partial charge < -0.3 is 0 Å². The molecule has 0 N–H and O–H groups in total. The van der Waals surface area contributed by atoms with Gasteiger partial charge in [-0.2, -0.15) is 5.26 Å². The Morgan fingerprint density at radius 1 is 1.62 bits per heavy atom. The van der Waals surface area contributed by atoms with Gasteiger partial charge in [0.25, 0.3) is 0 Å². The molecule has 13 heavy (non-hydrogen) atoms. The van der Waals surface area contributed by atoms with Crippen LogP contribution in [0.25, 0.3) is 0 Å². The van der Waals surface area contributed by atoms with Gasteiger partial charge in [-0.1, -0.05) is 24.6 Å². The lowest BCUT2D eigenvalue weighted by molar-refractivity contribution is 0.439. The molecule has 0 aromatic carbocycles. The molecule has 0 saturated heterocycles. The summed E-state index contributed by atoms with van der Waals surface area (Å²) in [4.78, 5) is 0. The van der Waals surface area contributed by atoms with Crippen LogP contribution in [0.1, 0.15) is 40.0 Å². The van der Waals surface area contributed by atoms with Crippen molar-refractivity contribution in [1.29, 1.82) is 5.26 Å². The smallest absolute Gasteiger partial charge is 0.0693 e. The van der Waals surface area contributed by atoms with Gasteiger partial charge in [-0.15, -0.1) is 6.58 Å². The number of hydrogen-bond donors (Lipinski definition) is 0. The monoisotopic (exact) mass is 177 g/mol. The highest BCUT2D eigenvalue weighted by molar-refractivity contribution is 5.11. The molecule has 0 radical (unpaired) electrons. The van der Waals surface area contributed by atoms with Crippen molar-refractivity contribution in [3.8, 4) is 6.07 Å². The third-order valence-electron chi connectivity index (χ3n) is 2.34. The standard InChI is InChI=1S/C12H19N/c1-5-8-12(4,10-13)9-11(6-2)7-3/h5-6H,1,7-9H2,2-4H3. The molecule has 0 bridgehead atoms. The summed E-state index contributed by atoms with van der Waals surface area (Å²) in [5, 5.41) is 9.03. The van der Waals surface area contributed by atoms with Gasteiger partial charge in [-0.05, 0) is 33.1 Å². The van der Waals surface area contributed by atoms with Crippen molar-refractivity contribution in [3.05, 3.63) is 24.3 Å². The average Bonchev–Trinajstić information content (AvgIpc) is 2.15. The SMILES string of the molecule is C=CCC(C)(C#N)CC(=CC)CC. The molecule has 0 aliphatic rings. The second-order valence-corrected chi connectivity index (χ2v) is 3.64. The normalized spacial score (nSPS) is 16.0. The van der Waals surface area contributed by atoms with Crippen molar-refractivity contribution < 1.29 is 0 Å². The molecule has 1 unspecified atom stereocenters. The van der Waals surface area contributed by atoms with E-state index in [1.807, 2.05) is 19.9 Å². The molecule has 0 saturated carbocycles. The molecule has 0 aromatic rings. The van der Waals surface area contributed by atoms with Crippen LogP contribution in [0.5, 0.6) is 0 Å². The van der Waals surface area contributed by atoms with E-state index < -0.39 is 0 Å². The van der Waals surface area contributed by atoms with E-state index in [-0.39, 0.29) is 5.41 Å². The zero-order valence-electron chi connectivity index (χ0n) is 8.93. The zero-order chi connectivity index (χ0) is 10.3. The first-order chi connectivity index (χ1) is 6.11. The second-order valence-electron chi connectivity index (χ2n) is 3.64. The molecule has 72 valence electrons. The van der Waals surface area contributed by atoms with Crippen LogP contribution in [-0.4, -0.2) is 0 Å². The number of nitriles is 1. The Morgan fingerprint density at radius 3 is 2.54 bits per heavy atom. The molecule has 0 amide bonds. The van der Waals surface area contributed by atoms with Gasteiger partial charge in [-0.25, -0.2) is 0 Å². The topological polar surface area (TPSA) is 23.8 Å². The Morgan fingerprint density at radius 2 is 2.23 bits per heavy atom. The van der Waals surface area contributed by atoms with Crippen LogP contribution in [0.3, 0.4) is 0 Å². The van der Waals surface area contributed by atoms with E-state index >= 15 is 0 Å². The van der Waals surface area contributed by atoms with Gasteiger partial charge in [0.15, 0.2) is 0 Å².